The molecule has 3 heteroatoms. The van der Waals surface area contributed by atoms with Crippen molar-refractivity contribution in [3.8, 4) is 0 Å². The Bertz CT molecular complexity index is 996. The minimum atomic E-state index is 0.207. The van der Waals surface area contributed by atoms with Gasteiger partial charge in [-0.25, -0.2) is 0 Å². The Kier molecular flexibility index (Phi) is 5.96. The van der Waals surface area contributed by atoms with Crippen molar-refractivity contribution in [2.75, 3.05) is 0 Å². The molecule has 1 heterocycles. The molecular weight excluding hydrogens is 372 g/mol. The number of hydrogen-bond donors (Lipinski definition) is 2. The summed E-state index contributed by atoms with van der Waals surface area (Å²) >= 11 is 1.85. The third-order valence-corrected chi connectivity index (χ3v) is 6.57. The molecule has 2 N–H and O–H groups in total. The number of rotatable bonds is 6. The van der Waals surface area contributed by atoms with Crippen molar-refractivity contribution in [1.82, 2.24) is 10.6 Å². The first-order chi connectivity index (χ1) is 14.1. The van der Waals surface area contributed by atoms with Gasteiger partial charge in [-0.15, -0.1) is 0 Å². The number of aryl methyl sites for hydroxylation is 3. The van der Waals surface area contributed by atoms with Gasteiger partial charge < -0.3 is 10.6 Å². The molecule has 1 aliphatic carbocycles. The summed E-state index contributed by atoms with van der Waals surface area (Å²) in [6.45, 7) is 8.25. The average molecular weight is 401 g/mol. The summed E-state index contributed by atoms with van der Waals surface area (Å²) in [6.07, 6.45) is 9.79. The maximum absolute atomic E-state index is 4.02. The van der Waals surface area contributed by atoms with E-state index in [1.807, 2.05) is 11.8 Å². The molecule has 0 amide bonds. The van der Waals surface area contributed by atoms with E-state index in [1.54, 1.807) is 0 Å². The second-order valence-electron chi connectivity index (χ2n) is 7.66. The summed E-state index contributed by atoms with van der Waals surface area (Å²) in [5.74, 6) is 0.879. The van der Waals surface area contributed by atoms with Gasteiger partial charge in [-0.05, 0) is 61.9 Å². The zero-order valence-electron chi connectivity index (χ0n) is 17.2. The summed E-state index contributed by atoms with van der Waals surface area (Å²) in [5, 5.41) is 6.81. The topological polar surface area (TPSA) is 24.1 Å². The summed E-state index contributed by atoms with van der Waals surface area (Å²) in [4.78, 5) is 2.63. The molecule has 4 rings (SSSR count). The van der Waals surface area contributed by atoms with Crippen LogP contribution in [0.15, 0.2) is 100 Å². The van der Waals surface area contributed by atoms with Gasteiger partial charge >= 0.3 is 0 Å². The lowest BCUT2D eigenvalue weighted by Crippen LogP contribution is -2.24. The Hall–Kier alpha value is -2.65. The standard InChI is InChI=1S/C26H28N2S/c1-4-24-26(28-19(3)27-24)23-9-6-10-25(23)29-22-15-13-20(14-16-22)11-12-21-8-5-7-18(2)17-21/h4-8,10,13-17,26-28H,3,9,11-12H2,1-2H3/b24-4-. The minimum absolute atomic E-state index is 0.207. The van der Waals surface area contributed by atoms with Crippen molar-refractivity contribution in [1.29, 1.82) is 0 Å². The van der Waals surface area contributed by atoms with Crippen LogP contribution in [0.3, 0.4) is 0 Å². The average Bonchev–Trinajstić information content (AvgIpc) is 3.33. The van der Waals surface area contributed by atoms with Crippen LogP contribution in [0.5, 0.6) is 0 Å². The predicted molar refractivity (Wildman–Crippen MR) is 125 cm³/mol. The fraction of sp³-hybridized carbons (Fsp3) is 0.231. The fourth-order valence-electron chi connectivity index (χ4n) is 3.92. The first-order valence-corrected chi connectivity index (χ1v) is 11.0. The largest absolute Gasteiger partial charge is 0.360 e. The zero-order valence-corrected chi connectivity index (χ0v) is 18.0. The smallest absolute Gasteiger partial charge is 0.0963 e. The van der Waals surface area contributed by atoms with Gasteiger partial charge in [0, 0.05) is 15.5 Å². The van der Waals surface area contributed by atoms with Crippen LogP contribution in [-0.2, 0) is 12.8 Å². The van der Waals surface area contributed by atoms with Crippen LogP contribution >= 0.6 is 11.8 Å². The van der Waals surface area contributed by atoms with E-state index in [0.29, 0.717) is 0 Å². The second kappa shape index (κ2) is 8.79. The molecule has 1 unspecified atom stereocenters. The van der Waals surface area contributed by atoms with Crippen LogP contribution in [0.1, 0.15) is 30.0 Å². The van der Waals surface area contributed by atoms with Crippen LogP contribution in [0, 0.1) is 6.92 Å². The fourth-order valence-corrected chi connectivity index (χ4v) is 4.94. The van der Waals surface area contributed by atoms with Gasteiger partial charge in [0.25, 0.3) is 0 Å². The molecule has 2 nitrogen and oxygen atoms in total. The molecule has 1 aliphatic heterocycles. The van der Waals surface area contributed by atoms with E-state index in [2.05, 4.69) is 97.8 Å². The van der Waals surface area contributed by atoms with Crippen LogP contribution in [0.25, 0.3) is 0 Å². The van der Waals surface area contributed by atoms with Gasteiger partial charge in [-0.3, -0.25) is 0 Å². The number of allylic oxidation sites excluding steroid dienone is 3. The first kappa shape index (κ1) is 19.7. The number of benzene rings is 2. The highest BCUT2D eigenvalue weighted by molar-refractivity contribution is 8.03. The third kappa shape index (κ3) is 4.68. The molecule has 1 atom stereocenters. The molecular formula is C26H28N2S. The lowest BCUT2D eigenvalue weighted by atomic mass is 10.0. The number of hydrogen-bond acceptors (Lipinski definition) is 3. The molecule has 1 saturated heterocycles. The number of thioether (sulfide) groups is 1. The quantitative estimate of drug-likeness (QED) is 0.620. The summed E-state index contributed by atoms with van der Waals surface area (Å²) in [5.41, 5.74) is 6.74. The molecule has 0 radical (unpaired) electrons. The van der Waals surface area contributed by atoms with Crippen LogP contribution < -0.4 is 10.6 Å². The molecule has 29 heavy (non-hydrogen) atoms. The Balaban J connectivity index is 1.42. The molecule has 0 aromatic heterocycles. The maximum atomic E-state index is 4.02. The van der Waals surface area contributed by atoms with Crippen LogP contribution in [0.4, 0.5) is 0 Å². The van der Waals surface area contributed by atoms with Gasteiger partial charge in [0.05, 0.1) is 11.9 Å². The molecule has 2 aliphatic rings. The first-order valence-electron chi connectivity index (χ1n) is 10.2. The van der Waals surface area contributed by atoms with Crippen molar-refractivity contribution >= 4 is 11.8 Å². The van der Waals surface area contributed by atoms with Gasteiger partial charge in [0.15, 0.2) is 0 Å². The predicted octanol–water partition coefficient (Wildman–Crippen LogP) is 6.02. The monoisotopic (exact) mass is 400 g/mol. The van der Waals surface area contributed by atoms with E-state index in [9.17, 15) is 0 Å². The van der Waals surface area contributed by atoms with Gasteiger partial charge in [-0.2, -0.15) is 0 Å². The van der Waals surface area contributed by atoms with E-state index >= 15 is 0 Å². The van der Waals surface area contributed by atoms with Crippen molar-refractivity contribution < 1.29 is 0 Å². The van der Waals surface area contributed by atoms with E-state index in [1.165, 1.54) is 37.8 Å². The maximum Gasteiger partial charge on any atom is 0.0963 e. The third-order valence-electron chi connectivity index (χ3n) is 5.44. The highest BCUT2D eigenvalue weighted by atomic mass is 32.2. The van der Waals surface area contributed by atoms with Crippen molar-refractivity contribution in [2.45, 2.75) is 44.0 Å². The Morgan fingerprint density at radius 2 is 1.90 bits per heavy atom. The van der Waals surface area contributed by atoms with Crippen molar-refractivity contribution in [2.24, 2.45) is 0 Å². The van der Waals surface area contributed by atoms with Gasteiger partial charge in [0.2, 0.25) is 0 Å². The van der Waals surface area contributed by atoms with Crippen LogP contribution in [-0.4, -0.2) is 6.04 Å². The molecule has 0 saturated carbocycles. The molecule has 0 bridgehead atoms. The van der Waals surface area contributed by atoms with E-state index < -0.39 is 0 Å². The zero-order chi connectivity index (χ0) is 20.2. The Morgan fingerprint density at radius 3 is 2.66 bits per heavy atom. The molecule has 1 fully saturated rings. The Morgan fingerprint density at radius 1 is 1.10 bits per heavy atom. The van der Waals surface area contributed by atoms with Crippen molar-refractivity contribution in [3.05, 3.63) is 112 Å². The molecule has 148 valence electrons. The summed E-state index contributed by atoms with van der Waals surface area (Å²) < 4.78 is 0. The molecule has 0 spiro atoms. The molecule has 2 aromatic rings. The van der Waals surface area contributed by atoms with Crippen molar-refractivity contribution in [3.63, 3.8) is 0 Å². The van der Waals surface area contributed by atoms with E-state index in [-0.39, 0.29) is 6.04 Å². The summed E-state index contributed by atoms with van der Waals surface area (Å²) in [7, 11) is 0. The van der Waals surface area contributed by atoms with E-state index in [0.717, 1.165) is 25.1 Å². The summed E-state index contributed by atoms with van der Waals surface area (Å²) in [6, 6.07) is 18.1. The van der Waals surface area contributed by atoms with Gasteiger partial charge in [0.1, 0.15) is 0 Å². The van der Waals surface area contributed by atoms with Gasteiger partial charge in [-0.1, -0.05) is 78.5 Å². The highest BCUT2D eigenvalue weighted by Crippen LogP contribution is 2.38. The minimum Gasteiger partial charge on any atom is -0.360 e. The normalized spacial score (nSPS) is 19.7. The lowest BCUT2D eigenvalue weighted by molar-refractivity contribution is 0.779. The second-order valence-corrected chi connectivity index (χ2v) is 8.77. The van der Waals surface area contributed by atoms with E-state index in [4.69, 9.17) is 0 Å². The molecule has 2 aromatic carbocycles. The van der Waals surface area contributed by atoms with Crippen LogP contribution in [0.2, 0.25) is 0 Å². The number of nitrogens with one attached hydrogen (secondary N) is 2. The Labute approximate surface area is 178 Å². The highest BCUT2D eigenvalue weighted by Gasteiger charge is 2.28. The lowest BCUT2D eigenvalue weighted by Gasteiger charge is -2.16. The SMILES string of the molecule is C=C1N/C(=C\C)C(C2=C(Sc3ccc(CCc4cccc(C)c4)cc3)C=CC2)N1.